The topological polar surface area (TPSA) is 146 Å². The van der Waals surface area contributed by atoms with Crippen LogP contribution in [0.4, 0.5) is 5.69 Å². The predicted octanol–water partition coefficient (Wildman–Crippen LogP) is 1.00. The van der Waals surface area contributed by atoms with Crippen LogP contribution in [0.2, 0.25) is 0 Å². The van der Waals surface area contributed by atoms with E-state index in [1.165, 1.54) is 13.2 Å². The molecule has 0 aliphatic rings. The summed E-state index contributed by atoms with van der Waals surface area (Å²) in [6.45, 7) is 1.72. The van der Waals surface area contributed by atoms with Gasteiger partial charge in [-0.3, -0.25) is 19.7 Å². The number of nitrogens with one attached hydrogen (secondary N) is 2. The SMILES string of the molecule is COc1cc(/C=N\NC(=O)C(=O)N[C@H](C)c2ccccc2)cc([N+](=O)[O-])c1[O-]. The zero-order valence-electron chi connectivity index (χ0n) is 15.0. The standard InChI is InChI=1S/C18H18N4O6/c1-11(13-6-4-3-5-7-13)20-17(24)18(25)21-19-10-12-8-14(22(26)27)16(23)15(9-12)28-2/h3-11,23H,1-2H3,(H,20,24)(H,21,25)/p-1/b19-10-/t11-/m1/s1. The number of hydrogen-bond donors (Lipinski definition) is 2. The number of carbonyl (C=O) groups is 2. The van der Waals surface area contributed by atoms with Gasteiger partial charge in [0.2, 0.25) is 0 Å². The van der Waals surface area contributed by atoms with E-state index in [-0.39, 0.29) is 17.4 Å². The number of rotatable bonds is 6. The summed E-state index contributed by atoms with van der Waals surface area (Å²) in [6, 6.07) is 10.9. The molecule has 0 saturated heterocycles. The van der Waals surface area contributed by atoms with Gasteiger partial charge in [0.05, 0.1) is 24.3 Å². The highest BCUT2D eigenvalue weighted by atomic mass is 16.6. The van der Waals surface area contributed by atoms with Crippen molar-refractivity contribution in [3.63, 3.8) is 0 Å². The van der Waals surface area contributed by atoms with Crippen molar-refractivity contribution in [3.05, 3.63) is 63.7 Å². The number of hydrogen-bond acceptors (Lipinski definition) is 7. The van der Waals surface area contributed by atoms with Gasteiger partial charge in [0, 0.05) is 17.4 Å². The van der Waals surface area contributed by atoms with E-state index in [0.717, 1.165) is 17.8 Å². The highest BCUT2D eigenvalue weighted by Crippen LogP contribution is 2.33. The van der Waals surface area contributed by atoms with Gasteiger partial charge in [0.15, 0.2) is 0 Å². The Balaban J connectivity index is 2.02. The van der Waals surface area contributed by atoms with E-state index in [1.807, 2.05) is 23.6 Å². The zero-order chi connectivity index (χ0) is 20.7. The Kier molecular flexibility index (Phi) is 6.63. The quantitative estimate of drug-likeness (QED) is 0.328. The molecule has 2 aromatic carbocycles. The van der Waals surface area contributed by atoms with E-state index in [1.54, 1.807) is 19.1 Å². The van der Waals surface area contributed by atoms with Crippen LogP contribution in [0, 0.1) is 10.1 Å². The average molecular weight is 385 g/mol. The van der Waals surface area contributed by atoms with Gasteiger partial charge in [-0.25, -0.2) is 5.43 Å². The molecule has 0 saturated carbocycles. The number of ether oxygens (including phenoxy) is 1. The maximum atomic E-state index is 11.9. The number of carbonyl (C=O) groups excluding carboxylic acids is 2. The van der Waals surface area contributed by atoms with Gasteiger partial charge in [-0.15, -0.1) is 0 Å². The van der Waals surface area contributed by atoms with E-state index in [0.29, 0.717) is 0 Å². The maximum absolute atomic E-state index is 11.9. The second kappa shape index (κ2) is 9.12. The van der Waals surface area contributed by atoms with Gasteiger partial charge in [0.1, 0.15) is 5.75 Å². The van der Waals surface area contributed by atoms with Crippen molar-refractivity contribution in [2.75, 3.05) is 7.11 Å². The van der Waals surface area contributed by atoms with Crippen molar-refractivity contribution in [2.45, 2.75) is 13.0 Å². The Hall–Kier alpha value is -3.95. The lowest BCUT2D eigenvalue weighted by Gasteiger charge is -2.13. The fourth-order valence-electron chi connectivity index (χ4n) is 2.27. The summed E-state index contributed by atoms with van der Waals surface area (Å²) < 4.78 is 4.80. The molecule has 0 aliphatic heterocycles. The molecule has 10 nitrogen and oxygen atoms in total. The second-order valence-electron chi connectivity index (χ2n) is 5.63. The highest BCUT2D eigenvalue weighted by Gasteiger charge is 2.17. The number of benzene rings is 2. The lowest BCUT2D eigenvalue weighted by molar-refractivity contribution is -0.398. The monoisotopic (exact) mass is 385 g/mol. The van der Waals surface area contributed by atoms with Crippen LogP contribution in [0.15, 0.2) is 47.6 Å². The van der Waals surface area contributed by atoms with E-state index < -0.39 is 28.2 Å². The number of nitro benzene ring substituents is 1. The van der Waals surface area contributed by atoms with Gasteiger partial charge in [0.25, 0.3) is 5.69 Å². The molecular weight excluding hydrogens is 368 g/mol. The van der Waals surface area contributed by atoms with Gasteiger partial charge in [-0.1, -0.05) is 30.3 Å². The van der Waals surface area contributed by atoms with Crippen LogP contribution < -0.4 is 20.6 Å². The largest absolute Gasteiger partial charge is 0.865 e. The van der Waals surface area contributed by atoms with Crippen LogP contribution in [-0.2, 0) is 9.59 Å². The third-order valence-electron chi connectivity index (χ3n) is 3.71. The first-order chi connectivity index (χ1) is 13.3. The first kappa shape index (κ1) is 20.4. The summed E-state index contributed by atoms with van der Waals surface area (Å²) in [4.78, 5) is 33.8. The Bertz CT molecular complexity index is 914. The normalized spacial score (nSPS) is 11.6. The Morgan fingerprint density at radius 1 is 1.21 bits per heavy atom. The summed E-state index contributed by atoms with van der Waals surface area (Å²) >= 11 is 0. The third kappa shape index (κ3) is 5.04. The zero-order valence-corrected chi connectivity index (χ0v) is 15.0. The molecule has 0 spiro atoms. The Labute approximate surface area is 160 Å². The van der Waals surface area contributed by atoms with E-state index >= 15 is 0 Å². The number of nitro groups is 1. The van der Waals surface area contributed by atoms with Crippen molar-refractivity contribution in [1.29, 1.82) is 0 Å². The maximum Gasteiger partial charge on any atom is 0.329 e. The Morgan fingerprint density at radius 3 is 2.50 bits per heavy atom. The van der Waals surface area contributed by atoms with E-state index in [9.17, 15) is 24.8 Å². The number of nitrogens with zero attached hydrogens (tertiary/aromatic N) is 2. The van der Waals surface area contributed by atoms with E-state index in [2.05, 4.69) is 10.4 Å². The second-order valence-corrected chi connectivity index (χ2v) is 5.63. The molecule has 2 aromatic rings. The van der Waals surface area contributed by atoms with Gasteiger partial charge < -0.3 is 15.2 Å². The first-order valence-electron chi connectivity index (χ1n) is 8.05. The third-order valence-corrected chi connectivity index (χ3v) is 3.71. The lowest BCUT2D eigenvalue weighted by Crippen LogP contribution is -2.39. The van der Waals surface area contributed by atoms with Crippen molar-refractivity contribution >= 4 is 23.7 Å². The van der Waals surface area contributed by atoms with Crippen molar-refractivity contribution in [2.24, 2.45) is 5.10 Å². The summed E-state index contributed by atoms with van der Waals surface area (Å²) in [5.74, 6) is -3.02. The van der Waals surface area contributed by atoms with Gasteiger partial charge in [-0.05, 0) is 18.6 Å². The molecule has 0 aromatic heterocycles. The summed E-state index contributed by atoms with van der Waals surface area (Å²) in [5.41, 5.74) is 2.29. The minimum absolute atomic E-state index is 0.140. The van der Waals surface area contributed by atoms with Crippen LogP contribution in [0.25, 0.3) is 0 Å². The highest BCUT2D eigenvalue weighted by molar-refractivity contribution is 6.35. The van der Waals surface area contributed by atoms with Crippen LogP contribution in [-0.4, -0.2) is 30.1 Å². The molecule has 2 N–H and O–H groups in total. The smallest absolute Gasteiger partial charge is 0.329 e. The average Bonchev–Trinajstić information content (AvgIpc) is 2.69. The molecule has 1 atom stereocenters. The molecule has 2 rings (SSSR count). The number of amides is 2. The predicted molar refractivity (Wildman–Crippen MR) is 97.8 cm³/mol. The minimum Gasteiger partial charge on any atom is -0.865 e. The molecule has 2 amide bonds. The van der Waals surface area contributed by atoms with Gasteiger partial charge >= 0.3 is 11.8 Å². The molecule has 0 bridgehead atoms. The molecule has 28 heavy (non-hydrogen) atoms. The molecule has 0 fully saturated rings. The van der Waals surface area contributed by atoms with Crippen molar-refractivity contribution < 1.29 is 24.4 Å². The molecule has 146 valence electrons. The van der Waals surface area contributed by atoms with Gasteiger partial charge in [-0.2, -0.15) is 5.10 Å². The fourth-order valence-corrected chi connectivity index (χ4v) is 2.27. The summed E-state index contributed by atoms with van der Waals surface area (Å²) in [5, 5.41) is 28.8. The fraction of sp³-hybridized carbons (Fsp3) is 0.167. The van der Waals surface area contributed by atoms with Crippen LogP contribution in [0.3, 0.4) is 0 Å². The van der Waals surface area contributed by atoms with Crippen LogP contribution >= 0.6 is 0 Å². The molecular formula is C18H17N4O6-. The first-order valence-corrected chi connectivity index (χ1v) is 8.05. The minimum atomic E-state index is -1.01. The number of hydrazone groups is 1. The molecule has 10 heteroatoms. The number of methoxy groups -OCH3 is 1. The summed E-state index contributed by atoms with van der Waals surface area (Å²) in [7, 11) is 1.20. The Morgan fingerprint density at radius 2 is 1.89 bits per heavy atom. The lowest BCUT2D eigenvalue weighted by atomic mass is 10.1. The van der Waals surface area contributed by atoms with Crippen LogP contribution in [0.1, 0.15) is 24.1 Å². The molecule has 0 radical (unpaired) electrons. The molecule has 0 aliphatic carbocycles. The van der Waals surface area contributed by atoms with Crippen molar-refractivity contribution in [3.8, 4) is 11.5 Å². The molecule has 0 heterocycles. The van der Waals surface area contributed by atoms with Crippen LogP contribution in [0.5, 0.6) is 11.5 Å². The van der Waals surface area contributed by atoms with Crippen molar-refractivity contribution in [1.82, 2.24) is 10.7 Å². The summed E-state index contributed by atoms with van der Waals surface area (Å²) in [6.07, 6.45) is 1.06. The molecule has 0 unspecified atom stereocenters. The van der Waals surface area contributed by atoms with E-state index in [4.69, 9.17) is 4.74 Å².